The molecule has 1 aliphatic rings. The zero-order valence-corrected chi connectivity index (χ0v) is 23.8. The van der Waals surface area contributed by atoms with Crippen molar-refractivity contribution in [2.24, 2.45) is 21.5 Å². The van der Waals surface area contributed by atoms with Gasteiger partial charge in [-0.15, -0.1) is 3.89 Å². The predicted octanol–water partition coefficient (Wildman–Crippen LogP) is 3.04. The van der Waals surface area contributed by atoms with Gasteiger partial charge in [0.05, 0.1) is 10.6 Å². The number of guanidine groups is 2. The summed E-state index contributed by atoms with van der Waals surface area (Å²) in [6, 6.07) is 10.3. The summed E-state index contributed by atoms with van der Waals surface area (Å²) in [6.45, 7) is 5.08. The maximum atomic E-state index is 12.9. The first kappa shape index (κ1) is 31.9. The van der Waals surface area contributed by atoms with Crippen LogP contribution in [-0.4, -0.2) is 50.6 Å². The molecule has 1 heterocycles. The van der Waals surface area contributed by atoms with Gasteiger partial charge in [0.15, 0.2) is 0 Å². The van der Waals surface area contributed by atoms with E-state index >= 15 is 0 Å². The fraction of sp³-hybridized carbons (Fsp3) is 0.348. The van der Waals surface area contributed by atoms with Crippen molar-refractivity contribution in [1.29, 1.82) is 0 Å². The molecule has 2 aromatic rings. The number of halogens is 2. The van der Waals surface area contributed by atoms with Crippen LogP contribution in [0.1, 0.15) is 39.2 Å². The first-order valence-corrected chi connectivity index (χ1v) is 14.9. The third-order valence-electron chi connectivity index (χ3n) is 5.32. The number of aliphatic imine (C=N–C) groups is 2. The van der Waals surface area contributed by atoms with Crippen LogP contribution in [0.4, 0.5) is 15.3 Å². The minimum Gasteiger partial charge on any atom is -0.369 e. The summed E-state index contributed by atoms with van der Waals surface area (Å²) < 4.78 is 61.5. The molecule has 1 amide bonds. The Hall–Kier alpha value is -3.27. The number of nitrogens with two attached hydrogens (primary N) is 2. The molecule has 39 heavy (non-hydrogen) atoms. The van der Waals surface area contributed by atoms with Crippen molar-refractivity contribution < 1.29 is 30.1 Å². The lowest BCUT2D eigenvalue weighted by molar-refractivity contribution is -0.116. The molecule has 0 atom stereocenters. The summed E-state index contributed by atoms with van der Waals surface area (Å²) >= 11 is 6.47. The largest absolute Gasteiger partial charge is 0.369 e. The topological polar surface area (TPSA) is 198 Å². The van der Waals surface area contributed by atoms with Crippen molar-refractivity contribution in [1.82, 2.24) is 0 Å². The van der Waals surface area contributed by atoms with Gasteiger partial charge in [-0.3, -0.25) is 14.2 Å². The fourth-order valence-corrected chi connectivity index (χ4v) is 4.22. The lowest BCUT2D eigenvalue weighted by Crippen LogP contribution is -2.54. The maximum absolute atomic E-state index is 12.9. The molecule has 0 radical (unpaired) electrons. The van der Waals surface area contributed by atoms with E-state index in [1.54, 1.807) is 11.0 Å². The van der Waals surface area contributed by atoms with Crippen LogP contribution in [-0.2, 0) is 31.6 Å². The Balaban J connectivity index is 0.000000798. The van der Waals surface area contributed by atoms with Gasteiger partial charge in [0.25, 0.3) is 10.1 Å². The maximum Gasteiger partial charge on any atom is 0.332 e. The normalized spacial score (nSPS) is 15.0. The van der Waals surface area contributed by atoms with Crippen LogP contribution in [0.15, 0.2) is 57.3 Å². The van der Waals surface area contributed by atoms with Gasteiger partial charge >= 0.3 is 10.2 Å². The molecule has 16 heteroatoms. The molecule has 0 aliphatic carbocycles. The second kappa shape index (κ2) is 12.7. The molecule has 2 aromatic carbocycles. The molecule has 0 saturated heterocycles. The monoisotopic (exact) mass is 604 g/mol. The summed E-state index contributed by atoms with van der Waals surface area (Å²) in [4.78, 5) is 21.8. The molecule has 0 saturated carbocycles. The highest BCUT2D eigenvalue weighted by Crippen LogP contribution is 2.31. The zero-order chi connectivity index (χ0) is 29.6. The van der Waals surface area contributed by atoms with Crippen molar-refractivity contribution in [2.45, 2.75) is 50.6 Å². The van der Waals surface area contributed by atoms with E-state index in [1.807, 2.05) is 26.0 Å². The van der Waals surface area contributed by atoms with E-state index in [0.29, 0.717) is 29.2 Å². The van der Waals surface area contributed by atoms with Crippen molar-refractivity contribution in [3.63, 3.8) is 0 Å². The number of carbonyl (C=O) groups is 1. The van der Waals surface area contributed by atoms with E-state index in [0.717, 1.165) is 17.7 Å². The minimum absolute atomic E-state index is 0.109. The van der Waals surface area contributed by atoms with Crippen LogP contribution in [0.25, 0.3) is 0 Å². The van der Waals surface area contributed by atoms with Crippen LogP contribution in [0.2, 0.25) is 5.02 Å². The Morgan fingerprint density at radius 1 is 1.13 bits per heavy atom. The zero-order valence-electron chi connectivity index (χ0n) is 21.4. The van der Waals surface area contributed by atoms with E-state index in [4.69, 9.17) is 27.6 Å². The molecule has 3 rings (SSSR count). The van der Waals surface area contributed by atoms with Crippen molar-refractivity contribution in [3.05, 3.63) is 53.1 Å². The Morgan fingerprint density at radius 2 is 1.72 bits per heavy atom. The van der Waals surface area contributed by atoms with Gasteiger partial charge in [-0.2, -0.15) is 21.8 Å². The molecular formula is C23H30ClFN6O6S2. The van der Waals surface area contributed by atoms with Crippen molar-refractivity contribution in [3.8, 4) is 0 Å². The number of hydrogen-bond acceptors (Lipinski definition) is 10. The predicted molar refractivity (Wildman–Crippen MR) is 150 cm³/mol. The first-order chi connectivity index (χ1) is 17.9. The number of hydrogen-bond donors (Lipinski definition) is 4. The van der Waals surface area contributed by atoms with E-state index in [9.17, 15) is 25.5 Å². The van der Waals surface area contributed by atoms with Crippen LogP contribution in [0, 0.1) is 0 Å². The highest BCUT2D eigenvalue weighted by atomic mass is 35.5. The van der Waals surface area contributed by atoms with Gasteiger partial charge in [0, 0.05) is 22.8 Å². The molecule has 1 aliphatic heterocycles. The lowest BCUT2D eigenvalue weighted by atomic mass is 10.1. The number of amides is 1. The summed E-state index contributed by atoms with van der Waals surface area (Å²) in [7, 11) is -8.43. The second-order valence-corrected chi connectivity index (χ2v) is 12.3. The van der Waals surface area contributed by atoms with Crippen LogP contribution >= 0.6 is 11.6 Å². The number of rotatable bonds is 8. The second-order valence-electron chi connectivity index (χ2n) is 8.78. The van der Waals surface area contributed by atoms with Gasteiger partial charge in [0.1, 0.15) is 5.66 Å². The molecule has 0 unspecified atom stereocenters. The highest BCUT2D eigenvalue weighted by molar-refractivity contribution is 7.86. The Kier molecular flexibility index (Phi) is 10.4. The molecule has 214 valence electrons. The average molecular weight is 605 g/mol. The molecule has 6 N–H and O–H groups in total. The van der Waals surface area contributed by atoms with Gasteiger partial charge in [-0.25, -0.2) is 4.99 Å². The average Bonchev–Trinajstić information content (AvgIpc) is 2.79. The van der Waals surface area contributed by atoms with Crippen molar-refractivity contribution >= 4 is 61.1 Å². The Bertz CT molecular complexity index is 1480. The van der Waals surface area contributed by atoms with Gasteiger partial charge in [-0.1, -0.05) is 17.7 Å². The fourth-order valence-electron chi connectivity index (χ4n) is 3.49. The SMILES string of the molecule is CC1(C)N=C(N)N=C(N)N1c1ccc(CCCC(=O)Nc2ccc(S(=O)(=O)F)cc2)c(Cl)c1.CCS(=O)(=O)O. The van der Waals surface area contributed by atoms with Gasteiger partial charge in [0.2, 0.25) is 17.8 Å². The summed E-state index contributed by atoms with van der Waals surface area (Å²) in [6.07, 6.45) is 1.30. The lowest BCUT2D eigenvalue weighted by Gasteiger charge is -2.38. The standard InChI is InChI=1S/C21H24ClFN6O3S.C2H6O3S/c1-21(2)28-19(24)27-20(25)29(21)15-9-6-13(17(22)12-15)4-3-5-18(30)26-14-7-10-16(11-8-14)33(23,31)32;1-2-6(3,4)5/h6-12H,3-5H2,1-2H3,(H,26,30)(H4,24,25,27,28);2H2,1H3,(H,3,4,5). The Morgan fingerprint density at radius 3 is 2.21 bits per heavy atom. The number of aryl methyl sites for hydroxylation is 1. The van der Waals surface area contributed by atoms with E-state index in [1.165, 1.54) is 19.1 Å². The third kappa shape index (κ3) is 9.76. The quantitative estimate of drug-likeness (QED) is 0.258. The van der Waals surface area contributed by atoms with Crippen molar-refractivity contribution in [2.75, 3.05) is 16.0 Å². The summed E-state index contributed by atoms with van der Waals surface area (Å²) in [5, 5.41) is 3.16. The van der Waals surface area contributed by atoms with E-state index in [2.05, 4.69) is 15.3 Å². The number of nitrogens with zero attached hydrogens (tertiary/aromatic N) is 3. The van der Waals surface area contributed by atoms with Gasteiger partial charge in [-0.05, 0) is 75.6 Å². The molecule has 0 spiro atoms. The third-order valence-corrected chi connectivity index (χ3v) is 7.24. The number of benzene rings is 2. The van der Waals surface area contributed by atoms with E-state index < -0.39 is 30.9 Å². The van der Waals surface area contributed by atoms with Crippen LogP contribution in [0.3, 0.4) is 0 Å². The smallest absolute Gasteiger partial charge is 0.332 e. The summed E-state index contributed by atoms with van der Waals surface area (Å²) in [5.41, 5.74) is 13.0. The van der Waals surface area contributed by atoms with E-state index in [-0.39, 0.29) is 30.0 Å². The Labute approximate surface area is 231 Å². The molecule has 12 nitrogen and oxygen atoms in total. The molecule has 0 aromatic heterocycles. The molecule has 0 bridgehead atoms. The number of carbonyl (C=O) groups excluding carboxylic acids is 1. The number of anilines is 2. The molecular weight excluding hydrogens is 575 g/mol. The number of nitrogens with one attached hydrogen (secondary N) is 1. The van der Waals surface area contributed by atoms with Crippen LogP contribution in [0.5, 0.6) is 0 Å². The highest BCUT2D eigenvalue weighted by Gasteiger charge is 2.33. The molecule has 0 fully saturated rings. The van der Waals surface area contributed by atoms with Crippen LogP contribution < -0.4 is 21.7 Å². The first-order valence-electron chi connectivity index (χ1n) is 11.5. The van der Waals surface area contributed by atoms with Gasteiger partial charge < -0.3 is 16.8 Å². The minimum atomic E-state index is -4.77. The summed E-state index contributed by atoms with van der Waals surface area (Å²) in [5.74, 6) is -0.135.